The number of rotatable bonds is 2. The van der Waals surface area contributed by atoms with E-state index in [1.807, 2.05) is 13.0 Å². The van der Waals surface area contributed by atoms with E-state index in [0.717, 1.165) is 18.7 Å². The molecule has 0 radical (unpaired) electrons. The Kier molecular flexibility index (Phi) is 3.63. The molecule has 4 heteroatoms. The quantitative estimate of drug-likeness (QED) is 0.856. The topological polar surface area (TPSA) is 56.1 Å². The third kappa shape index (κ3) is 2.36. The molecule has 0 spiro atoms. The van der Waals surface area contributed by atoms with Crippen molar-refractivity contribution in [2.45, 2.75) is 19.4 Å². The van der Waals surface area contributed by atoms with Crippen molar-refractivity contribution in [2.24, 2.45) is 5.92 Å². The molecule has 0 aromatic heterocycles. The molecule has 0 saturated carbocycles. The SMILES string of the molecule is CC1NCCC1C(=O)N(C)c1cccc(C#N)c1. The van der Waals surface area contributed by atoms with Crippen molar-refractivity contribution in [1.82, 2.24) is 5.32 Å². The van der Waals surface area contributed by atoms with Crippen molar-refractivity contribution in [2.75, 3.05) is 18.5 Å². The van der Waals surface area contributed by atoms with Gasteiger partial charge in [-0.2, -0.15) is 5.26 Å². The zero-order chi connectivity index (χ0) is 13.1. The lowest BCUT2D eigenvalue weighted by Crippen LogP contribution is -2.38. The summed E-state index contributed by atoms with van der Waals surface area (Å²) in [6.07, 6.45) is 0.877. The first-order chi connectivity index (χ1) is 8.63. The summed E-state index contributed by atoms with van der Waals surface area (Å²) in [5.74, 6) is 0.142. The largest absolute Gasteiger partial charge is 0.315 e. The Bertz CT molecular complexity index is 492. The second-order valence-electron chi connectivity index (χ2n) is 4.70. The van der Waals surface area contributed by atoms with Crippen molar-refractivity contribution < 1.29 is 4.79 Å². The lowest BCUT2D eigenvalue weighted by molar-refractivity contribution is -0.122. The van der Waals surface area contributed by atoms with E-state index >= 15 is 0 Å². The maximum absolute atomic E-state index is 12.4. The van der Waals surface area contributed by atoms with E-state index < -0.39 is 0 Å². The highest BCUT2D eigenvalue weighted by Crippen LogP contribution is 2.22. The van der Waals surface area contributed by atoms with Crippen LogP contribution < -0.4 is 10.2 Å². The molecule has 1 heterocycles. The summed E-state index contributed by atoms with van der Waals surface area (Å²) in [5, 5.41) is 12.2. The molecule has 1 amide bonds. The molecule has 4 nitrogen and oxygen atoms in total. The molecule has 18 heavy (non-hydrogen) atoms. The van der Waals surface area contributed by atoms with Gasteiger partial charge in [0.2, 0.25) is 5.91 Å². The number of nitrogens with one attached hydrogen (secondary N) is 1. The number of nitrogens with zero attached hydrogens (tertiary/aromatic N) is 2. The fraction of sp³-hybridized carbons (Fsp3) is 0.429. The molecule has 1 fully saturated rings. The standard InChI is InChI=1S/C14H17N3O/c1-10-13(6-7-16-10)14(18)17(2)12-5-3-4-11(8-12)9-15/h3-5,8,10,13,16H,6-7H2,1-2H3. The minimum absolute atomic E-state index is 0.0285. The van der Waals surface area contributed by atoms with Crippen LogP contribution in [0.1, 0.15) is 18.9 Å². The molecule has 0 aliphatic carbocycles. The fourth-order valence-corrected chi connectivity index (χ4v) is 2.36. The molecule has 0 bridgehead atoms. The summed E-state index contributed by atoms with van der Waals surface area (Å²) in [5.41, 5.74) is 1.35. The molecule has 1 aromatic carbocycles. The van der Waals surface area contributed by atoms with Crippen LogP contribution in [-0.4, -0.2) is 25.5 Å². The maximum Gasteiger partial charge on any atom is 0.231 e. The van der Waals surface area contributed by atoms with E-state index in [1.54, 1.807) is 30.1 Å². The number of benzene rings is 1. The van der Waals surface area contributed by atoms with Gasteiger partial charge in [-0.05, 0) is 38.1 Å². The van der Waals surface area contributed by atoms with Crippen molar-refractivity contribution in [3.8, 4) is 6.07 Å². The summed E-state index contributed by atoms with van der Waals surface area (Å²) in [6, 6.07) is 9.44. The number of nitriles is 1. The Morgan fingerprint density at radius 1 is 1.56 bits per heavy atom. The van der Waals surface area contributed by atoms with Crippen LogP contribution in [0.25, 0.3) is 0 Å². The van der Waals surface area contributed by atoms with Gasteiger partial charge in [-0.3, -0.25) is 4.79 Å². The summed E-state index contributed by atoms with van der Waals surface area (Å²) in [7, 11) is 1.77. The van der Waals surface area contributed by atoms with Crippen molar-refractivity contribution >= 4 is 11.6 Å². The van der Waals surface area contributed by atoms with Gasteiger partial charge in [0.25, 0.3) is 0 Å². The number of hydrogen-bond acceptors (Lipinski definition) is 3. The van der Waals surface area contributed by atoms with Crippen LogP contribution in [0.2, 0.25) is 0 Å². The minimum Gasteiger partial charge on any atom is -0.315 e. The zero-order valence-electron chi connectivity index (χ0n) is 10.7. The summed E-state index contributed by atoms with van der Waals surface area (Å²) in [6.45, 7) is 2.93. The number of amides is 1. The predicted molar refractivity (Wildman–Crippen MR) is 70.1 cm³/mol. The summed E-state index contributed by atoms with van der Waals surface area (Å²) >= 11 is 0. The van der Waals surface area contributed by atoms with Crippen molar-refractivity contribution in [3.63, 3.8) is 0 Å². The van der Waals surface area contributed by atoms with Gasteiger partial charge in [0.15, 0.2) is 0 Å². The molecule has 1 N–H and O–H groups in total. The monoisotopic (exact) mass is 243 g/mol. The van der Waals surface area contributed by atoms with Crippen LogP contribution in [0.3, 0.4) is 0 Å². The number of anilines is 1. The number of carbonyl (C=O) groups is 1. The van der Waals surface area contributed by atoms with E-state index in [1.165, 1.54) is 0 Å². The summed E-state index contributed by atoms with van der Waals surface area (Å²) < 4.78 is 0. The van der Waals surface area contributed by atoms with Gasteiger partial charge in [0, 0.05) is 18.8 Å². The van der Waals surface area contributed by atoms with Crippen LogP contribution in [0, 0.1) is 17.2 Å². The van der Waals surface area contributed by atoms with Gasteiger partial charge < -0.3 is 10.2 Å². The Balaban J connectivity index is 2.17. The van der Waals surface area contributed by atoms with E-state index in [-0.39, 0.29) is 17.9 Å². The summed E-state index contributed by atoms with van der Waals surface area (Å²) in [4.78, 5) is 14.0. The third-order valence-corrected chi connectivity index (χ3v) is 3.54. The molecule has 2 rings (SSSR count). The first-order valence-corrected chi connectivity index (χ1v) is 6.14. The van der Waals surface area contributed by atoms with Crippen LogP contribution >= 0.6 is 0 Å². The van der Waals surface area contributed by atoms with Crippen molar-refractivity contribution in [3.05, 3.63) is 29.8 Å². The number of carbonyl (C=O) groups excluding carboxylic acids is 1. The highest BCUT2D eigenvalue weighted by Gasteiger charge is 2.31. The van der Waals surface area contributed by atoms with Gasteiger partial charge in [0.05, 0.1) is 17.6 Å². The van der Waals surface area contributed by atoms with Gasteiger partial charge in [0.1, 0.15) is 0 Å². The zero-order valence-corrected chi connectivity index (χ0v) is 10.7. The molecule has 94 valence electrons. The average molecular weight is 243 g/mol. The van der Waals surface area contributed by atoms with Crippen molar-refractivity contribution in [1.29, 1.82) is 5.26 Å². The van der Waals surface area contributed by atoms with Gasteiger partial charge in [-0.25, -0.2) is 0 Å². The van der Waals surface area contributed by atoms with E-state index in [4.69, 9.17) is 5.26 Å². The highest BCUT2D eigenvalue weighted by molar-refractivity contribution is 5.95. The lowest BCUT2D eigenvalue weighted by Gasteiger charge is -2.23. The molecule has 2 atom stereocenters. The highest BCUT2D eigenvalue weighted by atomic mass is 16.2. The predicted octanol–water partition coefficient (Wildman–Crippen LogP) is 1.52. The van der Waals surface area contributed by atoms with Crippen LogP contribution in [0.4, 0.5) is 5.69 Å². The maximum atomic E-state index is 12.4. The van der Waals surface area contributed by atoms with Gasteiger partial charge in [-0.15, -0.1) is 0 Å². The third-order valence-electron chi connectivity index (χ3n) is 3.54. The molecule has 1 aliphatic rings. The van der Waals surface area contributed by atoms with Crippen LogP contribution in [-0.2, 0) is 4.79 Å². The molecular formula is C14H17N3O. The first kappa shape index (κ1) is 12.6. The Hall–Kier alpha value is -1.86. The second kappa shape index (κ2) is 5.19. The van der Waals surface area contributed by atoms with Crippen LogP contribution in [0.5, 0.6) is 0 Å². The van der Waals surface area contributed by atoms with E-state index in [9.17, 15) is 4.79 Å². The Morgan fingerprint density at radius 3 is 2.94 bits per heavy atom. The van der Waals surface area contributed by atoms with Gasteiger partial charge in [-0.1, -0.05) is 6.07 Å². The van der Waals surface area contributed by atoms with Crippen LogP contribution in [0.15, 0.2) is 24.3 Å². The molecule has 2 unspecified atom stereocenters. The Labute approximate surface area is 107 Å². The lowest BCUT2D eigenvalue weighted by atomic mass is 10.0. The average Bonchev–Trinajstić information content (AvgIpc) is 2.83. The number of hydrogen-bond donors (Lipinski definition) is 1. The van der Waals surface area contributed by atoms with Gasteiger partial charge >= 0.3 is 0 Å². The first-order valence-electron chi connectivity index (χ1n) is 6.14. The normalized spacial score (nSPS) is 22.5. The second-order valence-corrected chi connectivity index (χ2v) is 4.70. The fourth-order valence-electron chi connectivity index (χ4n) is 2.36. The minimum atomic E-state index is 0.0285. The Morgan fingerprint density at radius 2 is 2.33 bits per heavy atom. The smallest absolute Gasteiger partial charge is 0.231 e. The molecule has 1 saturated heterocycles. The molecule has 1 aliphatic heterocycles. The van der Waals surface area contributed by atoms with E-state index in [2.05, 4.69) is 11.4 Å². The molecular weight excluding hydrogens is 226 g/mol. The van der Waals surface area contributed by atoms with E-state index in [0.29, 0.717) is 5.56 Å². The molecule has 1 aromatic rings.